The van der Waals surface area contributed by atoms with Crippen LogP contribution >= 0.6 is 15.9 Å². The molecule has 5 heteroatoms. The van der Waals surface area contributed by atoms with Gasteiger partial charge in [-0.05, 0) is 30.5 Å². The van der Waals surface area contributed by atoms with E-state index in [2.05, 4.69) is 45.5 Å². The Labute approximate surface area is 134 Å². The van der Waals surface area contributed by atoms with Crippen LogP contribution in [0.25, 0.3) is 0 Å². The average molecular weight is 355 g/mol. The van der Waals surface area contributed by atoms with Crippen LogP contribution in [0.2, 0.25) is 0 Å². The predicted molar refractivity (Wildman–Crippen MR) is 87.1 cm³/mol. The van der Waals surface area contributed by atoms with E-state index in [0.29, 0.717) is 13.1 Å². The van der Waals surface area contributed by atoms with Crippen molar-refractivity contribution in [1.82, 2.24) is 5.32 Å². The number of nitrogens with one attached hydrogen (secondary N) is 1. The van der Waals surface area contributed by atoms with E-state index in [1.165, 1.54) is 5.56 Å². The fourth-order valence-electron chi connectivity index (χ4n) is 2.67. The Morgan fingerprint density at radius 1 is 1.38 bits per heavy atom. The molecule has 0 bridgehead atoms. The number of halogens is 1. The summed E-state index contributed by atoms with van der Waals surface area (Å²) >= 11 is 3.47. The largest absolute Gasteiger partial charge is 0.381 e. The van der Waals surface area contributed by atoms with Crippen LogP contribution < -0.4 is 11.1 Å². The van der Waals surface area contributed by atoms with Crippen LogP contribution in [0, 0.1) is 5.92 Å². The average Bonchev–Trinajstić information content (AvgIpc) is 2.53. The smallest absolute Gasteiger partial charge is 0.224 e. The van der Waals surface area contributed by atoms with E-state index in [0.717, 1.165) is 30.5 Å². The lowest BCUT2D eigenvalue weighted by atomic mass is 9.74. The van der Waals surface area contributed by atoms with E-state index in [1.54, 1.807) is 0 Å². The Kier molecular flexibility index (Phi) is 5.79. The van der Waals surface area contributed by atoms with Gasteiger partial charge in [0.25, 0.3) is 0 Å². The van der Waals surface area contributed by atoms with E-state index in [4.69, 9.17) is 10.5 Å². The summed E-state index contributed by atoms with van der Waals surface area (Å²) in [6.45, 7) is 4.34. The van der Waals surface area contributed by atoms with Gasteiger partial charge in [-0.2, -0.15) is 0 Å². The van der Waals surface area contributed by atoms with Gasteiger partial charge >= 0.3 is 0 Å². The molecule has 1 aromatic rings. The van der Waals surface area contributed by atoms with Gasteiger partial charge in [0.05, 0.1) is 0 Å². The second kappa shape index (κ2) is 7.38. The van der Waals surface area contributed by atoms with Gasteiger partial charge in [-0.1, -0.05) is 35.0 Å². The zero-order valence-electron chi connectivity index (χ0n) is 12.4. The molecule has 4 nitrogen and oxygen atoms in total. The SMILES string of the molecule is CC(CN)C(=O)NCC1(c2ccc(Br)cc2)CCOCC1. The molecule has 3 N–H and O–H groups in total. The third-order valence-electron chi connectivity index (χ3n) is 4.31. The molecule has 1 unspecified atom stereocenters. The number of benzene rings is 1. The quantitative estimate of drug-likeness (QED) is 0.851. The summed E-state index contributed by atoms with van der Waals surface area (Å²) in [6.07, 6.45) is 1.85. The van der Waals surface area contributed by atoms with Crippen LogP contribution in [0.15, 0.2) is 28.7 Å². The fraction of sp³-hybridized carbons (Fsp3) is 0.562. The van der Waals surface area contributed by atoms with Crippen molar-refractivity contribution in [2.45, 2.75) is 25.2 Å². The number of nitrogens with two attached hydrogens (primary N) is 1. The Balaban J connectivity index is 2.13. The normalized spacial score (nSPS) is 19.0. The van der Waals surface area contributed by atoms with E-state index >= 15 is 0 Å². The van der Waals surface area contributed by atoms with Crippen molar-refractivity contribution in [3.8, 4) is 0 Å². The lowest BCUT2D eigenvalue weighted by Gasteiger charge is -2.38. The number of carbonyl (C=O) groups excluding carboxylic acids is 1. The third kappa shape index (κ3) is 4.05. The van der Waals surface area contributed by atoms with Gasteiger partial charge in [0.1, 0.15) is 0 Å². The topological polar surface area (TPSA) is 64.4 Å². The second-order valence-corrected chi connectivity index (χ2v) is 6.67. The summed E-state index contributed by atoms with van der Waals surface area (Å²) in [5.74, 6) is -0.118. The summed E-state index contributed by atoms with van der Waals surface area (Å²) in [5, 5.41) is 3.07. The monoisotopic (exact) mass is 354 g/mol. The zero-order chi connectivity index (χ0) is 15.3. The Morgan fingerprint density at radius 3 is 2.57 bits per heavy atom. The molecule has 0 aliphatic carbocycles. The van der Waals surface area contributed by atoms with Gasteiger partial charge in [-0.3, -0.25) is 4.79 Å². The molecule has 0 saturated carbocycles. The summed E-state index contributed by atoms with van der Waals surface area (Å²) in [5.41, 5.74) is 6.78. The first-order chi connectivity index (χ1) is 10.1. The van der Waals surface area contributed by atoms with Crippen LogP contribution in [0.3, 0.4) is 0 Å². The van der Waals surface area contributed by atoms with Crippen molar-refractivity contribution in [3.63, 3.8) is 0 Å². The van der Waals surface area contributed by atoms with Gasteiger partial charge in [-0.15, -0.1) is 0 Å². The minimum absolute atomic E-state index is 0.0282. The Morgan fingerprint density at radius 2 is 2.00 bits per heavy atom. The van der Waals surface area contributed by atoms with Crippen molar-refractivity contribution in [3.05, 3.63) is 34.3 Å². The Hall–Kier alpha value is -0.910. The van der Waals surface area contributed by atoms with Crippen molar-refractivity contribution >= 4 is 21.8 Å². The molecule has 1 saturated heterocycles. The minimum atomic E-state index is -0.146. The predicted octanol–water partition coefficient (Wildman–Crippen LogP) is 2.21. The first kappa shape index (κ1) is 16.5. The minimum Gasteiger partial charge on any atom is -0.381 e. The highest BCUT2D eigenvalue weighted by Crippen LogP contribution is 2.35. The Bertz CT molecular complexity index is 470. The van der Waals surface area contributed by atoms with E-state index < -0.39 is 0 Å². The van der Waals surface area contributed by atoms with Crippen molar-refractivity contribution in [2.24, 2.45) is 11.7 Å². The van der Waals surface area contributed by atoms with Crippen LogP contribution in [-0.2, 0) is 14.9 Å². The van der Waals surface area contributed by atoms with Crippen molar-refractivity contribution < 1.29 is 9.53 Å². The highest BCUT2D eigenvalue weighted by molar-refractivity contribution is 9.10. The molecule has 21 heavy (non-hydrogen) atoms. The molecule has 0 spiro atoms. The molecule has 1 atom stereocenters. The molecular weight excluding hydrogens is 332 g/mol. The van der Waals surface area contributed by atoms with Crippen LogP contribution in [0.1, 0.15) is 25.3 Å². The van der Waals surface area contributed by atoms with Gasteiger partial charge in [0.15, 0.2) is 0 Å². The van der Waals surface area contributed by atoms with Crippen molar-refractivity contribution in [1.29, 1.82) is 0 Å². The van der Waals surface area contributed by atoms with E-state index in [1.807, 2.05) is 6.92 Å². The fourth-order valence-corrected chi connectivity index (χ4v) is 2.94. The summed E-state index contributed by atoms with van der Waals surface area (Å²) in [7, 11) is 0. The van der Waals surface area contributed by atoms with Crippen molar-refractivity contribution in [2.75, 3.05) is 26.3 Å². The summed E-state index contributed by atoms with van der Waals surface area (Å²) < 4.78 is 6.57. The van der Waals surface area contributed by atoms with Gasteiger partial charge in [0.2, 0.25) is 5.91 Å². The van der Waals surface area contributed by atoms with Crippen LogP contribution in [-0.4, -0.2) is 32.2 Å². The maximum atomic E-state index is 12.0. The molecule has 116 valence electrons. The first-order valence-corrected chi connectivity index (χ1v) is 8.18. The molecular formula is C16H23BrN2O2. The molecule has 1 aliphatic rings. The first-order valence-electron chi connectivity index (χ1n) is 7.39. The molecule has 1 aliphatic heterocycles. The number of ether oxygens (including phenoxy) is 1. The number of amides is 1. The standard InChI is InChI=1S/C16H23BrN2O2/c1-12(10-18)15(20)19-11-16(6-8-21-9-7-16)13-2-4-14(17)5-3-13/h2-5,12H,6-11,18H2,1H3,(H,19,20). The van der Waals surface area contributed by atoms with E-state index in [-0.39, 0.29) is 17.2 Å². The highest BCUT2D eigenvalue weighted by atomic mass is 79.9. The number of hydrogen-bond acceptors (Lipinski definition) is 3. The van der Waals surface area contributed by atoms with Gasteiger partial charge < -0.3 is 15.8 Å². The van der Waals surface area contributed by atoms with Gasteiger partial charge in [0, 0.05) is 42.1 Å². The molecule has 1 heterocycles. The molecule has 0 aromatic heterocycles. The zero-order valence-corrected chi connectivity index (χ0v) is 14.0. The summed E-state index contributed by atoms with van der Waals surface area (Å²) in [4.78, 5) is 12.0. The molecule has 0 radical (unpaired) electrons. The third-order valence-corrected chi connectivity index (χ3v) is 4.84. The maximum absolute atomic E-state index is 12.0. The lowest BCUT2D eigenvalue weighted by molar-refractivity contribution is -0.124. The van der Waals surface area contributed by atoms with Crippen LogP contribution in [0.4, 0.5) is 0 Å². The van der Waals surface area contributed by atoms with E-state index in [9.17, 15) is 4.79 Å². The molecule has 2 rings (SSSR count). The highest BCUT2D eigenvalue weighted by Gasteiger charge is 2.35. The lowest BCUT2D eigenvalue weighted by Crippen LogP contribution is -2.46. The number of hydrogen-bond donors (Lipinski definition) is 2. The second-order valence-electron chi connectivity index (χ2n) is 5.75. The molecule has 1 amide bonds. The van der Waals surface area contributed by atoms with Crippen LogP contribution in [0.5, 0.6) is 0 Å². The van der Waals surface area contributed by atoms with Gasteiger partial charge in [-0.25, -0.2) is 0 Å². The number of carbonyl (C=O) groups is 1. The summed E-state index contributed by atoms with van der Waals surface area (Å²) in [6, 6.07) is 8.37. The molecule has 1 aromatic carbocycles. The number of rotatable bonds is 5. The molecule has 1 fully saturated rings. The maximum Gasteiger partial charge on any atom is 0.224 e.